The predicted octanol–water partition coefficient (Wildman–Crippen LogP) is 3.38. The molecular weight excluding hydrogens is 277 g/mol. The molecule has 0 atom stereocenters. The van der Waals surface area contributed by atoms with Crippen LogP contribution in [-0.2, 0) is 6.18 Å². The summed E-state index contributed by atoms with van der Waals surface area (Å²) in [5, 5.41) is 9.23. The van der Waals surface area contributed by atoms with Crippen LogP contribution in [0.4, 0.5) is 13.2 Å². The van der Waals surface area contributed by atoms with Gasteiger partial charge in [-0.2, -0.15) is 13.2 Å². The molecule has 6 heteroatoms. The first-order valence-corrected chi connectivity index (χ1v) is 4.63. The number of halogens is 4. The van der Waals surface area contributed by atoms with Crippen molar-refractivity contribution in [3.05, 3.63) is 27.7 Å². The average Bonchev–Trinajstić information content (AvgIpc) is 2.00. The Labute approximate surface area is 91.8 Å². The van der Waals surface area contributed by atoms with Crippen LogP contribution in [0, 0.1) is 0 Å². The minimum atomic E-state index is -4.56. The summed E-state index contributed by atoms with van der Waals surface area (Å²) >= 11 is 2.67. The Morgan fingerprint density at radius 1 is 1.40 bits per heavy atom. The van der Waals surface area contributed by atoms with Gasteiger partial charge >= 0.3 is 6.18 Å². The summed E-state index contributed by atoms with van der Waals surface area (Å²) in [6, 6.07) is 1.49. The molecule has 0 unspecified atom stereocenters. The second kappa shape index (κ2) is 3.84. The smallest absolute Gasteiger partial charge is 0.417 e. The summed E-state index contributed by atoms with van der Waals surface area (Å²) in [5.74, 6) is -1.09. The van der Waals surface area contributed by atoms with Gasteiger partial charge in [-0.05, 0) is 19.1 Å². The highest BCUT2D eigenvalue weighted by Crippen LogP contribution is 2.38. The van der Waals surface area contributed by atoms with E-state index in [1.807, 2.05) is 0 Å². The number of alkyl halides is 3. The monoisotopic (exact) mass is 282 g/mol. The van der Waals surface area contributed by atoms with Crippen LogP contribution in [0.2, 0.25) is 0 Å². The van der Waals surface area contributed by atoms with Gasteiger partial charge in [-0.1, -0.05) is 15.9 Å². The number of phenols is 1. The second-order valence-corrected chi connectivity index (χ2v) is 3.76. The van der Waals surface area contributed by atoms with E-state index in [4.69, 9.17) is 0 Å². The molecule has 0 saturated carbocycles. The van der Waals surface area contributed by atoms with E-state index in [0.29, 0.717) is 6.07 Å². The zero-order valence-corrected chi connectivity index (χ0v) is 9.11. The van der Waals surface area contributed by atoms with Crippen LogP contribution in [0.3, 0.4) is 0 Å². The van der Waals surface area contributed by atoms with Crippen molar-refractivity contribution in [3.63, 3.8) is 0 Å². The first kappa shape index (κ1) is 12.0. The van der Waals surface area contributed by atoms with Crippen LogP contribution < -0.4 is 0 Å². The Kier molecular flexibility index (Phi) is 3.08. The van der Waals surface area contributed by atoms with Gasteiger partial charge in [0.1, 0.15) is 5.75 Å². The molecule has 2 nitrogen and oxygen atoms in total. The molecule has 0 fully saturated rings. The second-order valence-electron chi connectivity index (χ2n) is 2.90. The van der Waals surface area contributed by atoms with Gasteiger partial charge in [0.05, 0.1) is 11.1 Å². The van der Waals surface area contributed by atoms with Gasteiger partial charge < -0.3 is 5.11 Å². The molecule has 1 N–H and O–H groups in total. The fourth-order valence-corrected chi connectivity index (χ4v) is 1.62. The third-order valence-electron chi connectivity index (χ3n) is 1.77. The summed E-state index contributed by atoms with van der Waals surface area (Å²) in [5.41, 5.74) is -1.32. The Hall–Kier alpha value is -1.04. The van der Waals surface area contributed by atoms with E-state index < -0.39 is 23.3 Å². The molecule has 0 radical (unpaired) electrons. The van der Waals surface area contributed by atoms with E-state index in [2.05, 4.69) is 15.9 Å². The molecule has 0 aliphatic heterocycles. The lowest BCUT2D eigenvalue weighted by Crippen LogP contribution is -2.08. The molecule has 0 heterocycles. The van der Waals surface area contributed by atoms with E-state index in [1.165, 1.54) is 0 Å². The highest BCUT2D eigenvalue weighted by molar-refractivity contribution is 9.10. The summed E-state index contributed by atoms with van der Waals surface area (Å²) in [6.45, 7) is 1.09. The van der Waals surface area contributed by atoms with Gasteiger partial charge in [-0.15, -0.1) is 0 Å². The number of phenolic OH excluding ortho intramolecular Hbond substituents is 1. The Bertz CT molecular complexity index is 413. The van der Waals surface area contributed by atoms with Gasteiger partial charge in [-0.3, -0.25) is 4.79 Å². The third-order valence-corrected chi connectivity index (χ3v) is 2.43. The van der Waals surface area contributed by atoms with Crippen molar-refractivity contribution >= 4 is 21.7 Å². The lowest BCUT2D eigenvalue weighted by atomic mass is 10.1. The van der Waals surface area contributed by atoms with Gasteiger partial charge in [0, 0.05) is 4.47 Å². The van der Waals surface area contributed by atoms with Gasteiger partial charge in [0.25, 0.3) is 0 Å². The first-order valence-electron chi connectivity index (χ1n) is 3.84. The Balaban J connectivity index is 3.43. The number of aromatic hydroxyl groups is 1. The molecule has 0 spiro atoms. The standard InChI is InChI=1S/C9H6BrF3O2/c1-4(14)5-2-6(9(11,12)13)7(10)3-8(5)15/h2-3,15H,1H3. The number of hydrogen-bond donors (Lipinski definition) is 1. The molecule has 0 saturated heterocycles. The minimum absolute atomic E-state index is 0.294. The minimum Gasteiger partial charge on any atom is -0.507 e. The number of Topliss-reactive ketones (excluding diaryl/α,β-unsaturated/α-hetero) is 1. The van der Waals surface area contributed by atoms with Crippen molar-refractivity contribution < 1.29 is 23.1 Å². The molecule has 0 aromatic heterocycles. The maximum atomic E-state index is 12.4. The Morgan fingerprint density at radius 3 is 2.33 bits per heavy atom. The largest absolute Gasteiger partial charge is 0.507 e. The molecular formula is C9H6BrF3O2. The quantitative estimate of drug-likeness (QED) is 0.802. The average molecular weight is 283 g/mol. The molecule has 15 heavy (non-hydrogen) atoms. The van der Waals surface area contributed by atoms with Crippen LogP contribution in [0.1, 0.15) is 22.8 Å². The zero-order chi connectivity index (χ0) is 11.8. The molecule has 1 aromatic carbocycles. The lowest BCUT2D eigenvalue weighted by Gasteiger charge is -2.11. The summed E-state index contributed by atoms with van der Waals surface area (Å²) in [7, 11) is 0. The topological polar surface area (TPSA) is 37.3 Å². The van der Waals surface area contributed by atoms with Crippen LogP contribution in [0.5, 0.6) is 5.75 Å². The number of carbonyl (C=O) groups is 1. The van der Waals surface area contributed by atoms with Crippen LogP contribution in [-0.4, -0.2) is 10.9 Å². The number of rotatable bonds is 1. The van der Waals surface area contributed by atoms with Crippen molar-refractivity contribution in [2.45, 2.75) is 13.1 Å². The van der Waals surface area contributed by atoms with Crippen molar-refractivity contribution in [1.82, 2.24) is 0 Å². The van der Waals surface area contributed by atoms with Crippen molar-refractivity contribution in [1.29, 1.82) is 0 Å². The molecule has 1 aromatic rings. The SMILES string of the molecule is CC(=O)c1cc(C(F)(F)F)c(Br)cc1O. The van der Waals surface area contributed by atoms with Crippen molar-refractivity contribution in [2.24, 2.45) is 0 Å². The molecule has 1 rings (SSSR count). The summed E-state index contributed by atoms with van der Waals surface area (Å²) in [6.07, 6.45) is -4.56. The predicted molar refractivity (Wildman–Crippen MR) is 50.8 cm³/mol. The molecule has 0 amide bonds. The van der Waals surface area contributed by atoms with Gasteiger partial charge in [-0.25, -0.2) is 0 Å². The third kappa shape index (κ3) is 2.50. The van der Waals surface area contributed by atoms with Gasteiger partial charge in [0.2, 0.25) is 0 Å². The fraction of sp³-hybridized carbons (Fsp3) is 0.222. The number of hydrogen-bond acceptors (Lipinski definition) is 2. The number of ketones is 1. The fourth-order valence-electron chi connectivity index (χ4n) is 1.06. The first-order chi connectivity index (χ1) is 6.73. The molecule has 0 bridgehead atoms. The maximum absolute atomic E-state index is 12.4. The lowest BCUT2D eigenvalue weighted by molar-refractivity contribution is -0.138. The zero-order valence-electron chi connectivity index (χ0n) is 7.52. The molecule has 82 valence electrons. The van der Waals surface area contributed by atoms with Crippen LogP contribution >= 0.6 is 15.9 Å². The van der Waals surface area contributed by atoms with Crippen molar-refractivity contribution in [3.8, 4) is 5.75 Å². The summed E-state index contributed by atoms with van der Waals surface area (Å²) < 4.78 is 36.9. The Morgan fingerprint density at radius 2 is 1.93 bits per heavy atom. The van der Waals surface area contributed by atoms with E-state index in [9.17, 15) is 23.1 Å². The summed E-state index contributed by atoms with van der Waals surface area (Å²) in [4.78, 5) is 10.9. The maximum Gasteiger partial charge on any atom is 0.417 e. The number of benzene rings is 1. The highest BCUT2D eigenvalue weighted by atomic mass is 79.9. The molecule has 0 aliphatic rings. The van der Waals surface area contributed by atoms with E-state index in [0.717, 1.165) is 13.0 Å². The van der Waals surface area contributed by atoms with E-state index >= 15 is 0 Å². The van der Waals surface area contributed by atoms with Gasteiger partial charge in [0.15, 0.2) is 5.78 Å². The van der Waals surface area contributed by atoms with Crippen LogP contribution in [0.25, 0.3) is 0 Å². The van der Waals surface area contributed by atoms with Crippen LogP contribution in [0.15, 0.2) is 16.6 Å². The highest BCUT2D eigenvalue weighted by Gasteiger charge is 2.34. The normalized spacial score (nSPS) is 11.5. The van der Waals surface area contributed by atoms with E-state index in [-0.39, 0.29) is 10.0 Å². The van der Waals surface area contributed by atoms with Crippen molar-refractivity contribution in [2.75, 3.05) is 0 Å². The van der Waals surface area contributed by atoms with E-state index in [1.54, 1.807) is 0 Å². The molecule has 0 aliphatic carbocycles. The number of carbonyl (C=O) groups excluding carboxylic acids is 1.